The van der Waals surface area contributed by atoms with Gasteiger partial charge in [0.15, 0.2) is 5.72 Å². The molecule has 54 heavy (non-hydrogen) atoms. The molecular formula is C38H54ClN3O10S2. The van der Waals surface area contributed by atoms with Crippen LogP contribution >= 0.6 is 33.2 Å². The van der Waals surface area contributed by atoms with Crippen LogP contribution in [0, 0.1) is 5.92 Å². The lowest BCUT2D eigenvalue weighted by atomic mass is 9.83. The highest BCUT2D eigenvalue weighted by molar-refractivity contribution is 8.76. The average molecular weight is 812 g/mol. The normalized spacial score (nSPS) is 30.5. The lowest BCUT2D eigenvalue weighted by molar-refractivity contribution is -0.162. The number of allylic oxidation sites excluding steroid dienone is 3. The van der Waals surface area contributed by atoms with Crippen LogP contribution in [0.15, 0.2) is 35.9 Å². The second-order valence-electron chi connectivity index (χ2n) is 14.5. The van der Waals surface area contributed by atoms with E-state index in [1.807, 2.05) is 33.1 Å². The minimum absolute atomic E-state index is 0.0460. The van der Waals surface area contributed by atoms with Gasteiger partial charge in [-0.25, -0.2) is 9.59 Å². The van der Waals surface area contributed by atoms with Crippen LogP contribution < -0.4 is 15.0 Å². The molecule has 0 aliphatic carbocycles. The van der Waals surface area contributed by atoms with Crippen molar-refractivity contribution in [2.75, 3.05) is 39.5 Å². The Labute approximate surface area is 331 Å². The molecule has 3 aliphatic rings. The summed E-state index contributed by atoms with van der Waals surface area (Å²) in [5.41, 5.74) is -0.890. The van der Waals surface area contributed by atoms with Gasteiger partial charge in [0.1, 0.15) is 40.7 Å². The van der Waals surface area contributed by atoms with Crippen LogP contribution in [0.3, 0.4) is 0 Å². The number of benzene rings is 1. The molecule has 0 saturated carbocycles. The fraction of sp³-hybridized carbons (Fsp3) is 0.632. The number of esters is 1. The zero-order valence-electron chi connectivity index (χ0n) is 32.7. The number of methoxy groups -OCH3 is 2. The fourth-order valence-electron chi connectivity index (χ4n) is 6.93. The van der Waals surface area contributed by atoms with Gasteiger partial charge in [0.2, 0.25) is 11.8 Å². The third-order valence-electron chi connectivity index (χ3n) is 10.5. The summed E-state index contributed by atoms with van der Waals surface area (Å²) in [4.78, 5) is 56.7. The first-order valence-electron chi connectivity index (χ1n) is 17.9. The number of carbonyl (C=O) groups excluding carboxylic acids is 4. The Bertz CT molecular complexity index is 1630. The van der Waals surface area contributed by atoms with E-state index in [2.05, 4.69) is 5.32 Å². The molecule has 2 N–H and O–H groups in total. The van der Waals surface area contributed by atoms with Gasteiger partial charge in [-0.1, -0.05) is 70.8 Å². The average Bonchev–Trinajstić information content (AvgIpc) is 3.82. The van der Waals surface area contributed by atoms with E-state index < -0.39 is 65.7 Å². The van der Waals surface area contributed by atoms with Gasteiger partial charge in [-0.2, -0.15) is 0 Å². The Morgan fingerprint density at radius 3 is 2.59 bits per heavy atom. The van der Waals surface area contributed by atoms with Gasteiger partial charge in [-0.3, -0.25) is 14.9 Å². The number of epoxide rings is 1. The van der Waals surface area contributed by atoms with Crippen LogP contribution in [0.2, 0.25) is 5.02 Å². The minimum Gasteiger partial charge on any atom is -0.495 e. The van der Waals surface area contributed by atoms with Gasteiger partial charge in [-0.05, 0) is 57.6 Å². The first kappa shape index (κ1) is 43.8. The van der Waals surface area contributed by atoms with Gasteiger partial charge < -0.3 is 38.6 Å². The van der Waals surface area contributed by atoms with Crippen molar-refractivity contribution in [2.45, 2.75) is 114 Å². The molecule has 13 nitrogen and oxygen atoms in total. The minimum atomic E-state index is -1.82. The zero-order valence-corrected chi connectivity index (χ0v) is 35.1. The number of amides is 3. The number of carbonyl (C=O) groups is 4. The molecule has 16 heteroatoms. The third kappa shape index (κ3) is 10.1. The largest absolute Gasteiger partial charge is 0.495 e. The number of ether oxygens (including phenoxy) is 5. The number of hydrogen-bond donors (Lipinski definition) is 2. The molecule has 1 aromatic rings. The Morgan fingerprint density at radius 1 is 1.24 bits per heavy atom. The van der Waals surface area contributed by atoms with Crippen molar-refractivity contribution in [3.63, 3.8) is 0 Å². The number of nitrogens with one attached hydrogen (secondary N) is 1. The Balaban J connectivity index is 1.72. The maximum atomic E-state index is 14.2. The highest BCUT2D eigenvalue weighted by Gasteiger charge is 2.64. The van der Waals surface area contributed by atoms with Crippen molar-refractivity contribution in [1.29, 1.82) is 0 Å². The number of alkyl carbamates (subject to hydrolysis) is 1. The highest BCUT2D eigenvalue weighted by Crippen LogP contribution is 2.49. The predicted octanol–water partition coefficient (Wildman–Crippen LogP) is 5.69. The van der Waals surface area contributed by atoms with Crippen LogP contribution in [0.1, 0.15) is 65.9 Å². The molecule has 2 saturated heterocycles. The number of fused-ring (bicyclic) bond motifs is 5. The molecule has 1 aromatic carbocycles. The smallest absolute Gasteiger partial charge is 0.409 e. The number of anilines is 1. The summed E-state index contributed by atoms with van der Waals surface area (Å²) in [5, 5.41) is 14.8. The molecule has 4 rings (SSSR count). The summed E-state index contributed by atoms with van der Waals surface area (Å²) < 4.78 is 29.3. The monoisotopic (exact) mass is 811 g/mol. The van der Waals surface area contributed by atoms with Gasteiger partial charge in [0.25, 0.3) is 0 Å². The fourth-order valence-corrected chi connectivity index (χ4v) is 9.06. The second kappa shape index (κ2) is 18.3. The Morgan fingerprint density at radius 2 is 1.94 bits per heavy atom. The van der Waals surface area contributed by atoms with Crippen LogP contribution in [0.4, 0.5) is 10.5 Å². The summed E-state index contributed by atoms with van der Waals surface area (Å²) in [6.07, 6.45) is 3.89. The molecule has 2 fully saturated rings. The van der Waals surface area contributed by atoms with Gasteiger partial charge in [0.05, 0.1) is 25.3 Å². The Kier molecular flexibility index (Phi) is 14.9. The molecule has 0 aromatic heterocycles. The van der Waals surface area contributed by atoms with Crippen LogP contribution in [0.5, 0.6) is 5.75 Å². The molecule has 3 heterocycles. The van der Waals surface area contributed by atoms with Crippen molar-refractivity contribution < 1.29 is 48.0 Å². The second-order valence-corrected chi connectivity index (χ2v) is 17.8. The quantitative estimate of drug-likeness (QED) is 0.169. The molecule has 0 radical (unpaired) electrons. The first-order chi connectivity index (χ1) is 25.4. The van der Waals surface area contributed by atoms with Gasteiger partial charge in [0, 0.05) is 45.2 Å². The van der Waals surface area contributed by atoms with E-state index in [4.69, 9.17) is 35.3 Å². The van der Waals surface area contributed by atoms with Crippen molar-refractivity contribution in [1.82, 2.24) is 10.2 Å². The van der Waals surface area contributed by atoms with Gasteiger partial charge in [-0.15, -0.1) is 0 Å². The van der Waals surface area contributed by atoms with E-state index in [1.54, 1.807) is 73.8 Å². The van der Waals surface area contributed by atoms with Crippen molar-refractivity contribution in [2.24, 2.45) is 5.92 Å². The standard InChI is InChI=1S/C38H54ClN3O10S2/c1-21-12-11-13-29(49-9)38(47)20-28(50-36(46)40-38)23(3)34-37(5,52-34)30(51-35(45)24(4)41(6)31(43)15-14-22(2)54-53-10)19-32(44)42(7)26-17-25(16-21)18-27(48-8)33(26)39/h11-13,17-18,22-24,28-30,34,47H,14-16,19-20H2,1-10H3,(H,40,46)/b13-11+,21-12?/t22?,23-,24+,28?,29-,30+,34+,37+,38+/m1/s1. The van der Waals surface area contributed by atoms with E-state index in [0.29, 0.717) is 24.3 Å². The SMILES string of the molecule is COc1cc2cc(c1Cl)N(C)C(=O)C[C@H](OC(=O)[C@H](C)N(C)C(=O)CCC(C)SSC)[C@]1(C)O[C@H]1[C@H](C)C1C[C@@](O)(NC(=O)O1)[C@H](OC)/C=C/C=C(C)C2. The van der Waals surface area contributed by atoms with Crippen LogP contribution in [-0.2, 0) is 39.8 Å². The Hall–Kier alpha value is -2.95. The number of halogens is 1. The number of aliphatic hydroxyl groups is 1. The maximum absolute atomic E-state index is 14.2. The summed E-state index contributed by atoms with van der Waals surface area (Å²) in [5.74, 6) is -1.48. The number of hydrogen-bond acceptors (Lipinski definition) is 12. The molecule has 300 valence electrons. The first-order valence-corrected chi connectivity index (χ1v) is 20.9. The predicted molar refractivity (Wildman–Crippen MR) is 211 cm³/mol. The number of nitrogens with zero attached hydrogens (tertiary/aromatic N) is 2. The lowest BCUT2D eigenvalue weighted by Crippen LogP contribution is -2.63. The van der Waals surface area contributed by atoms with Crippen molar-refractivity contribution >= 4 is 62.8 Å². The van der Waals surface area contributed by atoms with Crippen LogP contribution in [0.25, 0.3) is 0 Å². The summed E-state index contributed by atoms with van der Waals surface area (Å²) >= 11 is 6.77. The van der Waals surface area contributed by atoms with Crippen molar-refractivity contribution in [3.05, 3.63) is 46.5 Å². The summed E-state index contributed by atoms with van der Waals surface area (Å²) in [6.45, 7) is 9.09. The highest BCUT2D eigenvalue weighted by atomic mass is 35.5. The molecule has 3 amide bonds. The van der Waals surface area contributed by atoms with E-state index >= 15 is 0 Å². The molecular weight excluding hydrogens is 758 g/mol. The van der Waals surface area contributed by atoms with E-state index in [-0.39, 0.29) is 35.4 Å². The van der Waals surface area contributed by atoms with E-state index in [9.17, 15) is 24.3 Å². The van der Waals surface area contributed by atoms with E-state index in [1.165, 1.54) is 24.0 Å². The number of likely N-dealkylation sites (N-methyl/N-ethyl adjacent to an activating group) is 1. The molecule has 9 atom stereocenters. The molecule has 4 bridgehead atoms. The topological polar surface area (TPSA) is 156 Å². The van der Waals surface area contributed by atoms with Crippen LogP contribution in [-0.4, -0.2) is 115 Å². The van der Waals surface area contributed by atoms with E-state index in [0.717, 1.165) is 11.1 Å². The summed E-state index contributed by atoms with van der Waals surface area (Å²) in [7, 11) is 9.38. The zero-order chi connectivity index (χ0) is 40.1. The lowest BCUT2D eigenvalue weighted by Gasteiger charge is -2.42. The summed E-state index contributed by atoms with van der Waals surface area (Å²) in [6, 6.07) is 2.63. The maximum Gasteiger partial charge on any atom is 0.409 e. The number of rotatable bonds is 10. The molecule has 2 unspecified atom stereocenters. The molecule has 0 spiro atoms. The third-order valence-corrected chi connectivity index (χ3v) is 13.2. The van der Waals surface area contributed by atoms with Gasteiger partial charge >= 0.3 is 12.1 Å². The van der Waals surface area contributed by atoms with Crippen molar-refractivity contribution in [3.8, 4) is 5.75 Å². The molecule has 3 aliphatic heterocycles.